The number of β-amino-alcohol motifs (C(OH)–C–C–N with tert-alkyl or cyclic N) is 1. The summed E-state index contributed by atoms with van der Waals surface area (Å²) in [5, 5.41) is 11.9. The van der Waals surface area contributed by atoms with Crippen LogP contribution in [0.1, 0.15) is 54.3 Å². The number of piperazine rings is 1. The van der Waals surface area contributed by atoms with Crippen molar-refractivity contribution < 1.29 is 28.6 Å². The molecule has 4 N–H and O–H groups in total. The van der Waals surface area contributed by atoms with Crippen molar-refractivity contribution in [1.29, 1.82) is 0 Å². The predicted molar refractivity (Wildman–Crippen MR) is 143 cm³/mol. The summed E-state index contributed by atoms with van der Waals surface area (Å²) in [5.41, 5.74) is 7.88. The van der Waals surface area contributed by atoms with Gasteiger partial charge in [0.2, 0.25) is 11.8 Å². The fraction of sp³-hybridized carbons (Fsp3) is 0.483. The number of rotatable bonds is 9. The lowest BCUT2D eigenvalue weighted by Gasteiger charge is -2.33. The van der Waals surface area contributed by atoms with E-state index in [0.717, 1.165) is 30.4 Å². The minimum absolute atomic E-state index is 0.0210. The molecular formula is C29H37FN4O5. The van der Waals surface area contributed by atoms with E-state index in [-0.39, 0.29) is 37.0 Å². The largest absolute Gasteiger partial charge is 0.445 e. The van der Waals surface area contributed by atoms with Crippen LogP contribution in [0.3, 0.4) is 0 Å². The number of nitrogens with one attached hydrogen (secondary N) is 1. The number of halogens is 1. The van der Waals surface area contributed by atoms with Crippen molar-refractivity contribution in [3.63, 3.8) is 0 Å². The van der Waals surface area contributed by atoms with Gasteiger partial charge in [-0.15, -0.1) is 0 Å². The molecule has 1 saturated heterocycles. The van der Waals surface area contributed by atoms with E-state index in [1.54, 1.807) is 4.90 Å². The van der Waals surface area contributed by atoms with Crippen LogP contribution in [0, 0.1) is 11.7 Å². The van der Waals surface area contributed by atoms with Crippen LogP contribution in [0.4, 0.5) is 9.18 Å². The molecule has 2 fully saturated rings. The van der Waals surface area contributed by atoms with Gasteiger partial charge >= 0.3 is 6.09 Å². The molecule has 1 heterocycles. The Morgan fingerprint density at radius 2 is 1.67 bits per heavy atom. The van der Waals surface area contributed by atoms with Gasteiger partial charge in [0.25, 0.3) is 0 Å². The fourth-order valence-corrected chi connectivity index (χ4v) is 5.46. The Morgan fingerprint density at radius 3 is 2.31 bits per heavy atom. The molecule has 0 bridgehead atoms. The number of ether oxygens (including phenoxy) is 1. The Bertz CT molecular complexity index is 1120. The third-order valence-corrected chi connectivity index (χ3v) is 7.69. The Morgan fingerprint density at radius 1 is 1.00 bits per heavy atom. The summed E-state index contributed by atoms with van der Waals surface area (Å²) in [5.74, 6) is -1.73. The topological polar surface area (TPSA) is 125 Å². The predicted octanol–water partition coefficient (Wildman–Crippen LogP) is 2.69. The van der Waals surface area contributed by atoms with Gasteiger partial charge in [-0.1, -0.05) is 49.2 Å². The quantitative estimate of drug-likeness (QED) is 0.449. The van der Waals surface area contributed by atoms with Crippen LogP contribution in [0.2, 0.25) is 0 Å². The van der Waals surface area contributed by atoms with E-state index in [0.29, 0.717) is 44.7 Å². The zero-order chi connectivity index (χ0) is 27.8. The van der Waals surface area contributed by atoms with Gasteiger partial charge in [0, 0.05) is 38.6 Å². The van der Waals surface area contributed by atoms with Gasteiger partial charge in [0.15, 0.2) is 0 Å². The number of nitrogens with zero attached hydrogens (tertiary/aromatic N) is 2. The highest BCUT2D eigenvalue weighted by Gasteiger charge is 2.34. The first kappa shape index (κ1) is 28.5. The van der Waals surface area contributed by atoms with Crippen molar-refractivity contribution >= 4 is 17.9 Å². The maximum Gasteiger partial charge on any atom is 0.410 e. The first-order valence-electron chi connectivity index (χ1n) is 13.5. The van der Waals surface area contributed by atoms with Crippen molar-refractivity contribution in [2.45, 2.75) is 44.2 Å². The molecule has 2 aliphatic rings. The summed E-state index contributed by atoms with van der Waals surface area (Å²) >= 11 is 0. The standard InChI is InChI=1S/C29H37FN4O5/c30-23-11-9-22(10-12-23)26(27(31)36)32-28(37)25-4-2-1-3-24(25)21-7-5-20(6-8-21)19-39-29(38)34-15-13-33(14-16-34)17-18-35/h5-12,24-26,35H,1-4,13-19H2,(H2,31,36)(H,32,37)/t24-,25+,26-/m0/s1. The highest BCUT2D eigenvalue weighted by atomic mass is 19.1. The summed E-state index contributed by atoms with van der Waals surface area (Å²) < 4.78 is 18.9. The molecule has 4 rings (SSSR count). The minimum Gasteiger partial charge on any atom is -0.445 e. The monoisotopic (exact) mass is 540 g/mol. The molecule has 0 aromatic heterocycles. The smallest absolute Gasteiger partial charge is 0.410 e. The van der Waals surface area contributed by atoms with E-state index in [1.807, 2.05) is 24.3 Å². The van der Waals surface area contributed by atoms with Crippen molar-refractivity contribution in [3.05, 3.63) is 71.0 Å². The summed E-state index contributed by atoms with van der Waals surface area (Å²) in [6, 6.07) is 12.1. The zero-order valence-electron chi connectivity index (χ0n) is 22.1. The number of carbonyl (C=O) groups excluding carboxylic acids is 3. The average molecular weight is 541 g/mol. The number of hydrogen-bond acceptors (Lipinski definition) is 6. The highest BCUT2D eigenvalue weighted by molar-refractivity contribution is 5.89. The van der Waals surface area contributed by atoms with E-state index in [2.05, 4.69) is 10.2 Å². The Hall–Kier alpha value is -3.50. The molecule has 0 spiro atoms. The van der Waals surface area contributed by atoms with E-state index in [9.17, 15) is 18.8 Å². The van der Waals surface area contributed by atoms with Crippen LogP contribution in [0.25, 0.3) is 0 Å². The van der Waals surface area contributed by atoms with E-state index < -0.39 is 17.8 Å². The van der Waals surface area contributed by atoms with E-state index >= 15 is 0 Å². The lowest BCUT2D eigenvalue weighted by atomic mass is 9.74. The SMILES string of the molecule is NC(=O)[C@@H](NC(=O)[C@@H]1CCCC[C@H]1c1ccc(COC(=O)N2CCN(CCO)CC2)cc1)c1ccc(F)cc1. The molecule has 0 unspecified atom stereocenters. The molecule has 0 radical (unpaired) electrons. The van der Waals surface area contributed by atoms with Crippen LogP contribution >= 0.6 is 0 Å². The first-order chi connectivity index (χ1) is 18.9. The maximum atomic E-state index is 13.3. The molecule has 1 aliphatic heterocycles. The molecule has 2 aromatic rings. The van der Waals surface area contributed by atoms with Gasteiger partial charge in [-0.25, -0.2) is 9.18 Å². The normalized spacial score (nSPS) is 20.7. The fourth-order valence-electron chi connectivity index (χ4n) is 5.46. The molecule has 3 atom stereocenters. The third kappa shape index (κ3) is 7.54. The number of benzene rings is 2. The van der Waals surface area contributed by atoms with Gasteiger partial charge < -0.3 is 25.8 Å². The number of amides is 3. The number of primary amides is 1. The summed E-state index contributed by atoms with van der Waals surface area (Å²) in [6.07, 6.45) is 3.09. The molecule has 210 valence electrons. The summed E-state index contributed by atoms with van der Waals surface area (Å²) in [4.78, 5) is 41.7. The molecule has 9 nitrogen and oxygen atoms in total. The van der Waals surface area contributed by atoms with Gasteiger partial charge in [0.05, 0.1) is 6.61 Å². The van der Waals surface area contributed by atoms with Crippen LogP contribution in [-0.2, 0) is 20.9 Å². The molecular weight excluding hydrogens is 503 g/mol. The van der Waals surface area contributed by atoms with Gasteiger partial charge in [0.1, 0.15) is 18.5 Å². The lowest BCUT2D eigenvalue weighted by molar-refractivity contribution is -0.131. The average Bonchev–Trinajstić information content (AvgIpc) is 2.96. The molecule has 1 aliphatic carbocycles. The number of carbonyl (C=O) groups is 3. The van der Waals surface area contributed by atoms with Crippen LogP contribution in [0.15, 0.2) is 48.5 Å². The summed E-state index contributed by atoms with van der Waals surface area (Å²) in [6.45, 7) is 3.44. The number of aliphatic hydroxyl groups excluding tert-OH is 1. The van der Waals surface area contributed by atoms with Gasteiger partial charge in [-0.3, -0.25) is 14.5 Å². The van der Waals surface area contributed by atoms with Crippen molar-refractivity contribution in [1.82, 2.24) is 15.1 Å². The lowest BCUT2D eigenvalue weighted by Crippen LogP contribution is -2.49. The molecule has 1 saturated carbocycles. The van der Waals surface area contributed by atoms with Gasteiger partial charge in [-0.2, -0.15) is 0 Å². The third-order valence-electron chi connectivity index (χ3n) is 7.69. The maximum absolute atomic E-state index is 13.3. The minimum atomic E-state index is -1.03. The number of nitrogens with two attached hydrogens (primary N) is 1. The Balaban J connectivity index is 1.34. The molecule has 39 heavy (non-hydrogen) atoms. The first-order valence-corrected chi connectivity index (χ1v) is 13.5. The van der Waals surface area contributed by atoms with Crippen molar-refractivity contribution in [3.8, 4) is 0 Å². The van der Waals surface area contributed by atoms with Crippen LogP contribution < -0.4 is 11.1 Å². The summed E-state index contributed by atoms with van der Waals surface area (Å²) in [7, 11) is 0. The zero-order valence-corrected chi connectivity index (χ0v) is 22.1. The van der Waals surface area contributed by atoms with E-state index in [1.165, 1.54) is 24.3 Å². The molecule has 10 heteroatoms. The van der Waals surface area contributed by atoms with Crippen LogP contribution in [0.5, 0.6) is 0 Å². The second-order valence-corrected chi connectivity index (χ2v) is 10.2. The molecule has 2 aromatic carbocycles. The second kappa shape index (κ2) is 13.5. The van der Waals surface area contributed by atoms with Crippen molar-refractivity contribution in [2.24, 2.45) is 11.7 Å². The van der Waals surface area contributed by atoms with Crippen molar-refractivity contribution in [2.75, 3.05) is 39.3 Å². The highest BCUT2D eigenvalue weighted by Crippen LogP contribution is 2.38. The second-order valence-electron chi connectivity index (χ2n) is 10.2. The van der Waals surface area contributed by atoms with Crippen LogP contribution in [-0.4, -0.2) is 72.1 Å². The van der Waals surface area contributed by atoms with Gasteiger partial charge in [-0.05, 0) is 47.6 Å². The Labute approximate surface area is 228 Å². The molecule has 3 amide bonds. The van der Waals surface area contributed by atoms with E-state index in [4.69, 9.17) is 15.6 Å². The number of hydrogen-bond donors (Lipinski definition) is 3. The Kier molecular flexibility index (Phi) is 9.89. The number of aliphatic hydroxyl groups is 1.